The molecule has 5 nitrogen and oxygen atoms in total. The molecule has 0 aliphatic heterocycles. The maximum Gasteiger partial charge on any atom is 0.309 e. The number of hydrogen-bond donors (Lipinski definition) is 3. The second kappa shape index (κ2) is 7.81. The van der Waals surface area contributed by atoms with Gasteiger partial charge in [0, 0.05) is 18.0 Å². The molecule has 1 aromatic carbocycles. The number of likely N-dealkylation sites (N-methyl/N-ethyl adjacent to an activating group) is 1. The zero-order valence-corrected chi connectivity index (χ0v) is 11.8. The summed E-state index contributed by atoms with van der Waals surface area (Å²) in [6.07, 6.45) is 1.15. The first-order valence-electron chi connectivity index (χ1n) is 5.96. The number of amides is 2. The van der Waals surface area contributed by atoms with Crippen LogP contribution in [-0.2, 0) is 9.59 Å². The Balaban J connectivity index is 2.48. The molecule has 1 rings (SSSR count). The number of nitrogens with one attached hydrogen (secondary N) is 2. The van der Waals surface area contributed by atoms with Crippen LogP contribution in [0, 0.1) is 0 Å². The van der Waals surface area contributed by atoms with Crippen LogP contribution in [0.25, 0.3) is 0 Å². The number of carbonyl (C=O) groups is 2. The quantitative estimate of drug-likeness (QED) is 0.548. The van der Waals surface area contributed by atoms with Gasteiger partial charge < -0.3 is 15.7 Å². The molecule has 0 heterocycles. The highest BCUT2D eigenvalue weighted by Gasteiger charge is 2.14. The number of benzene rings is 1. The van der Waals surface area contributed by atoms with Crippen molar-refractivity contribution in [2.24, 2.45) is 0 Å². The van der Waals surface area contributed by atoms with E-state index in [1.807, 2.05) is 18.4 Å². The van der Waals surface area contributed by atoms with Gasteiger partial charge in [-0.05, 0) is 30.9 Å². The van der Waals surface area contributed by atoms with E-state index in [4.69, 9.17) is 0 Å². The molecule has 104 valence electrons. The van der Waals surface area contributed by atoms with Crippen molar-refractivity contribution in [3.8, 4) is 0 Å². The molecule has 3 N–H and O–H groups in total. The molecule has 0 aromatic heterocycles. The van der Waals surface area contributed by atoms with Gasteiger partial charge in [-0.3, -0.25) is 9.59 Å². The lowest BCUT2D eigenvalue weighted by molar-refractivity contribution is -0.139. The summed E-state index contributed by atoms with van der Waals surface area (Å²) in [6, 6.07) is 7.40. The molecule has 1 aromatic rings. The molecule has 2 amide bonds. The Morgan fingerprint density at radius 3 is 2.32 bits per heavy atom. The third-order valence-electron chi connectivity index (χ3n) is 2.50. The molecule has 0 aliphatic rings. The van der Waals surface area contributed by atoms with Crippen molar-refractivity contribution in [2.75, 3.05) is 19.3 Å². The SMILES string of the molecule is CCNC(=O)C(=O)NCC(O)c1ccc(SC)cc1. The number of aliphatic hydroxyl groups is 1. The molecule has 0 saturated carbocycles. The molecule has 1 unspecified atom stereocenters. The van der Waals surface area contributed by atoms with E-state index in [0.29, 0.717) is 12.1 Å². The Hall–Kier alpha value is -1.53. The lowest BCUT2D eigenvalue weighted by atomic mass is 10.1. The minimum absolute atomic E-state index is 0.00851. The van der Waals surface area contributed by atoms with E-state index in [2.05, 4.69) is 10.6 Å². The highest BCUT2D eigenvalue weighted by molar-refractivity contribution is 7.98. The summed E-state index contributed by atoms with van der Waals surface area (Å²) >= 11 is 1.61. The van der Waals surface area contributed by atoms with E-state index >= 15 is 0 Å². The summed E-state index contributed by atoms with van der Waals surface area (Å²) in [5.41, 5.74) is 0.703. The second-order valence-corrected chi connectivity index (χ2v) is 4.74. The van der Waals surface area contributed by atoms with E-state index in [9.17, 15) is 14.7 Å². The van der Waals surface area contributed by atoms with E-state index in [0.717, 1.165) is 4.90 Å². The van der Waals surface area contributed by atoms with Gasteiger partial charge in [0.25, 0.3) is 0 Å². The second-order valence-electron chi connectivity index (χ2n) is 3.86. The number of carbonyl (C=O) groups excluding carboxylic acids is 2. The molecule has 0 aliphatic carbocycles. The highest BCUT2D eigenvalue weighted by atomic mass is 32.2. The van der Waals surface area contributed by atoms with Crippen LogP contribution in [0.5, 0.6) is 0 Å². The third-order valence-corrected chi connectivity index (χ3v) is 3.24. The van der Waals surface area contributed by atoms with Crippen molar-refractivity contribution in [3.05, 3.63) is 29.8 Å². The lowest BCUT2D eigenvalue weighted by Gasteiger charge is -2.12. The van der Waals surface area contributed by atoms with Gasteiger partial charge in [-0.2, -0.15) is 0 Å². The van der Waals surface area contributed by atoms with Gasteiger partial charge in [-0.25, -0.2) is 0 Å². The number of aliphatic hydroxyl groups excluding tert-OH is 1. The highest BCUT2D eigenvalue weighted by Crippen LogP contribution is 2.18. The van der Waals surface area contributed by atoms with Crippen LogP contribution in [-0.4, -0.2) is 36.3 Å². The molecule has 0 fully saturated rings. The Morgan fingerprint density at radius 1 is 1.21 bits per heavy atom. The molecule has 6 heteroatoms. The number of hydrogen-bond acceptors (Lipinski definition) is 4. The average Bonchev–Trinajstić information content (AvgIpc) is 2.44. The molecule has 1 atom stereocenters. The van der Waals surface area contributed by atoms with Crippen LogP contribution in [0.1, 0.15) is 18.6 Å². The zero-order chi connectivity index (χ0) is 14.3. The summed E-state index contributed by atoms with van der Waals surface area (Å²) in [5.74, 6) is -1.42. The van der Waals surface area contributed by atoms with E-state index < -0.39 is 17.9 Å². The Bertz CT molecular complexity index is 434. The Morgan fingerprint density at radius 2 is 1.79 bits per heavy atom. The number of rotatable bonds is 5. The normalized spacial score (nSPS) is 11.7. The fourth-order valence-electron chi connectivity index (χ4n) is 1.45. The van der Waals surface area contributed by atoms with Gasteiger partial charge >= 0.3 is 11.8 Å². The summed E-state index contributed by atoms with van der Waals surface area (Å²) in [6.45, 7) is 2.13. The largest absolute Gasteiger partial charge is 0.387 e. The molecule has 0 saturated heterocycles. The Labute approximate surface area is 116 Å². The van der Waals surface area contributed by atoms with Crippen molar-refractivity contribution in [3.63, 3.8) is 0 Å². The summed E-state index contributed by atoms with van der Waals surface area (Å²) < 4.78 is 0. The predicted octanol–water partition coefficient (Wildman–Crippen LogP) is 0.694. The van der Waals surface area contributed by atoms with Crippen LogP contribution in [0.2, 0.25) is 0 Å². The van der Waals surface area contributed by atoms with Gasteiger partial charge in [0.1, 0.15) is 0 Å². The topological polar surface area (TPSA) is 78.4 Å². The van der Waals surface area contributed by atoms with Crippen molar-refractivity contribution in [2.45, 2.75) is 17.9 Å². The minimum Gasteiger partial charge on any atom is -0.387 e. The maximum atomic E-state index is 11.3. The van der Waals surface area contributed by atoms with Gasteiger partial charge in [0.05, 0.1) is 6.10 Å². The number of thioether (sulfide) groups is 1. The summed E-state index contributed by atoms with van der Waals surface area (Å²) in [7, 11) is 0. The van der Waals surface area contributed by atoms with Gasteiger partial charge in [0.2, 0.25) is 0 Å². The Kier molecular flexibility index (Phi) is 6.38. The van der Waals surface area contributed by atoms with Crippen LogP contribution >= 0.6 is 11.8 Å². The maximum absolute atomic E-state index is 11.3. The zero-order valence-electron chi connectivity index (χ0n) is 11.0. The standard InChI is InChI=1S/C13H18N2O3S/c1-3-14-12(17)13(18)15-8-11(16)9-4-6-10(19-2)7-5-9/h4-7,11,16H,3,8H2,1-2H3,(H,14,17)(H,15,18). The molecule has 0 radical (unpaired) electrons. The van der Waals surface area contributed by atoms with Gasteiger partial charge in [-0.15, -0.1) is 11.8 Å². The van der Waals surface area contributed by atoms with E-state index in [1.165, 1.54) is 0 Å². The average molecular weight is 282 g/mol. The van der Waals surface area contributed by atoms with Crippen molar-refractivity contribution in [1.29, 1.82) is 0 Å². The molecule has 19 heavy (non-hydrogen) atoms. The fraction of sp³-hybridized carbons (Fsp3) is 0.385. The third kappa shape index (κ3) is 4.92. The minimum atomic E-state index is -0.825. The van der Waals surface area contributed by atoms with Crippen LogP contribution < -0.4 is 10.6 Å². The van der Waals surface area contributed by atoms with Gasteiger partial charge in [0.15, 0.2) is 0 Å². The molecule has 0 bridgehead atoms. The first-order chi connectivity index (χ1) is 9.08. The smallest absolute Gasteiger partial charge is 0.309 e. The first kappa shape index (κ1) is 15.5. The molecular formula is C13H18N2O3S. The van der Waals surface area contributed by atoms with Crippen molar-refractivity contribution in [1.82, 2.24) is 10.6 Å². The monoisotopic (exact) mass is 282 g/mol. The van der Waals surface area contributed by atoms with Crippen molar-refractivity contribution < 1.29 is 14.7 Å². The summed E-state index contributed by atoms with van der Waals surface area (Å²) in [5, 5.41) is 14.7. The molecular weight excluding hydrogens is 264 g/mol. The van der Waals surface area contributed by atoms with Crippen LogP contribution in [0.3, 0.4) is 0 Å². The molecule has 0 spiro atoms. The van der Waals surface area contributed by atoms with Gasteiger partial charge in [-0.1, -0.05) is 12.1 Å². The van der Waals surface area contributed by atoms with E-state index in [-0.39, 0.29) is 6.54 Å². The lowest BCUT2D eigenvalue weighted by Crippen LogP contribution is -2.41. The predicted molar refractivity (Wildman–Crippen MR) is 74.9 cm³/mol. The summed E-state index contributed by atoms with van der Waals surface area (Å²) in [4.78, 5) is 23.6. The van der Waals surface area contributed by atoms with Crippen LogP contribution in [0.4, 0.5) is 0 Å². The van der Waals surface area contributed by atoms with Crippen LogP contribution in [0.15, 0.2) is 29.2 Å². The fourth-order valence-corrected chi connectivity index (χ4v) is 1.86. The van der Waals surface area contributed by atoms with Crippen molar-refractivity contribution >= 4 is 23.6 Å². The first-order valence-corrected chi connectivity index (χ1v) is 7.19. The van der Waals surface area contributed by atoms with E-state index in [1.54, 1.807) is 30.8 Å².